The van der Waals surface area contributed by atoms with Gasteiger partial charge in [0.2, 0.25) is 5.91 Å². The second-order valence-electron chi connectivity index (χ2n) is 5.61. The highest BCUT2D eigenvalue weighted by Crippen LogP contribution is 2.24. The molecule has 0 bridgehead atoms. The number of anilines is 1. The van der Waals surface area contributed by atoms with Gasteiger partial charge in [0.1, 0.15) is 5.82 Å². The van der Waals surface area contributed by atoms with E-state index in [1.165, 1.54) is 0 Å². The van der Waals surface area contributed by atoms with Crippen LogP contribution in [0.15, 0.2) is 30.3 Å². The van der Waals surface area contributed by atoms with E-state index in [9.17, 15) is 4.79 Å². The smallest absolute Gasteiger partial charge is 0.234 e. The lowest BCUT2D eigenvalue weighted by molar-refractivity contribution is -0.124. The van der Waals surface area contributed by atoms with E-state index in [-0.39, 0.29) is 11.9 Å². The number of primary amides is 1. The van der Waals surface area contributed by atoms with Crippen LogP contribution >= 0.6 is 0 Å². The van der Waals surface area contributed by atoms with Gasteiger partial charge in [-0.25, -0.2) is 4.98 Å². The number of hydrogen-bond acceptors (Lipinski definition) is 4. The summed E-state index contributed by atoms with van der Waals surface area (Å²) >= 11 is 0. The number of carbonyl (C=O) groups is 1. The molecular formula is C16H20N4O. The second-order valence-corrected chi connectivity index (χ2v) is 5.61. The summed E-state index contributed by atoms with van der Waals surface area (Å²) in [6.45, 7) is 1.50. The fourth-order valence-electron chi connectivity index (χ4n) is 3.02. The first-order valence-electron chi connectivity index (χ1n) is 7.32. The number of piperidine rings is 1. The number of nitrogen functional groups attached to an aromatic ring is 1. The molecule has 0 aliphatic carbocycles. The average Bonchev–Trinajstić information content (AvgIpc) is 2.48. The molecule has 1 aliphatic rings. The topological polar surface area (TPSA) is 85.2 Å². The highest BCUT2D eigenvalue weighted by molar-refractivity contribution is 5.81. The molecular weight excluding hydrogens is 264 g/mol. The summed E-state index contributed by atoms with van der Waals surface area (Å²) in [5.41, 5.74) is 13.4. The summed E-state index contributed by atoms with van der Waals surface area (Å²) in [5.74, 6) is 0.282. The van der Waals surface area contributed by atoms with Crippen LogP contribution in [0.1, 0.15) is 24.8 Å². The molecule has 1 atom stereocenters. The van der Waals surface area contributed by atoms with Gasteiger partial charge in [-0.05, 0) is 31.5 Å². The number of nitrogens with two attached hydrogens (primary N) is 2. The van der Waals surface area contributed by atoms with E-state index in [0.29, 0.717) is 12.4 Å². The summed E-state index contributed by atoms with van der Waals surface area (Å²) in [7, 11) is 0. The van der Waals surface area contributed by atoms with Crippen molar-refractivity contribution < 1.29 is 4.79 Å². The highest BCUT2D eigenvalue weighted by Gasteiger charge is 2.27. The molecule has 1 unspecified atom stereocenters. The standard InChI is InChI=1S/C16H20N4O/c17-15-12(9-11-5-1-2-6-13(11)19-15)10-20-8-4-3-7-14(20)16(18)21/h1-2,5-6,9,14H,3-4,7-8,10H2,(H2,17,19)(H2,18,21). The molecule has 0 spiro atoms. The molecule has 0 radical (unpaired) electrons. The van der Waals surface area contributed by atoms with E-state index in [0.717, 1.165) is 42.3 Å². The van der Waals surface area contributed by atoms with Gasteiger partial charge in [0.25, 0.3) is 0 Å². The van der Waals surface area contributed by atoms with Crippen LogP contribution in [-0.4, -0.2) is 28.4 Å². The molecule has 2 aromatic rings. The van der Waals surface area contributed by atoms with E-state index in [1.54, 1.807) is 0 Å². The molecule has 1 aromatic heterocycles. The SMILES string of the molecule is NC(=O)C1CCCCN1Cc1cc2ccccc2nc1N. The fraction of sp³-hybridized carbons (Fsp3) is 0.375. The van der Waals surface area contributed by atoms with Crippen LogP contribution in [0.5, 0.6) is 0 Å². The lowest BCUT2D eigenvalue weighted by Crippen LogP contribution is -2.47. The van der Waals surface area contributed by atoms with E-state index < -0.39 is 0 Å². The van der Waals surface area contributed by atoms with Crippen molar-refractivity contribution in [3.8, 4) is 0 Å². The molecule has 0 saturated carbocycles. The molecule has 2 heterocycles. The lowest BCUT2D eigenvalue weighted by atomic mass is 10.0. The predicted molar refractivity (Wildman–Crippen MR) is 83.4 cm³/mol. The minimum Gasteiger partial charge on any atom is -0.383 e. The van der Waals surface area contributed by atoms with Crippen molar-refractivity contribution >= 4 is 22.6 Å². The van der Waals surface area contributed by atoms with E-state index in [2.05, 4.69) is 16.0 Å². The second kappa shape index (κ2) is 5.69. The third-order valence-corrected chi connectivity index (χ3v) is 4.15. The number of nitrogens with zero attached hydrogens (tertiary/aromatic N) is 2. The first-order chi connectivity index (χ1) is 10.1. The van der Waals surface area contributed by atoms with Crippen LogP contribution in [0.4, 0.5) is 5.82 Å². The largest absolute Gasteiger partial charge is 0.383 e. The van der Waals surface area contributed by atoms with Gasteiger partial charge < -0.3 is 11.5 Å². The average molecular weight is 284 g/mol. The third-order valence-electron chi connectivity index (χ3n) is 4.15. The number of amides is 1. The monoisotopic (exact) mass is 284 g/mol. The molecule has 3 rings (SSSR count). The Morgan fingerprint density at radius 1 is 1.33 bits per heavy atom. The van der Waals surface area contributed by atoms with Crippen molar-refractivity contribution in [1.29, 1.82) is 0 Å². The first-order valence-corrected chi connectivity index (χ1v) is 7.32. The molecule has 4 N–H and O–H groups in total. The van der Waals surface area contributed by atoms with Gasteiger partial charge in [-0.2, -0.15) is 0 Å². The van der Waals surface area contributed by atoms with Crippen molar-refractivity contribution in [2.45, 2.75) is 31.8 Å². The zero-order valence-electron chi connectivity index (χ0n) is 12.0. The number of fused-ring (bicyclic) bond motifs is 1. The molecule has 1 saturated heterocycles. The quantitative estimate of drug-likeness (QED) is 0.897. The zero-order valence-corrected chi connectivity index (χ0v) is 12.0. The number of carbonyl (C=O) groups excluding carboxylic acids is 1. The highest BCUT2D eigenvalue weighted by atomic mass is 16.1. The number of pyridine rings is 1. The molecule has 5 nitrogen and oxygen atoms in total. The minimum atomic E-state index is -0.248. The van der Waals surface area contributed by atoms with Gasteiger partial charge in [0, 0.05) is 17.5 Å². The Morgan fingerprint density at radius 2 is 2.14 bits per heavy atom. The maximum Gasteiger partial charge on any atom is 0.234 e. The molecule has 1 amide bonds. The summed E-state index contributed by atoms with van der Waals surface area (Å²) in [4.78, 5) is 18.2. The van der Waals surface area contributed by atoms with Crippen LogP contribution in [0, 0.1) is 0 Å². The van der Waals surface area contributed by atoms with Gasteiger partial charge in [0.05, 0.1) is 11.6 Å². The molecule has 1 fully saturated rings. The molecule has 21 heavy (non-hydrogen) atoms. The van der Waals surface area contributed by atoms with Gasteiger partial charge >= 0.3 is 0 Å². The fourth-order valence-corrected chi connectivity index (χ4v) is 3.02. The normalized spacial score (nSPS) is 19.7. The van der Waals surface area contributed by atoms with Gasteiger partial charge in [-0.3, -0.25) is 9.69 Å². The van der Waals surface area contributed by atoms with Crippen LogP contribution in [0.2, 0.25) is 0 Å². The van der Waals surface area contributed by atoms with Crippen molar-refractivity contribution in [1.82, 2.24) is 9.88 Å². The van der Waals surface area contributed by atoms with Gasteiger partial charge in [0.15, 0.2) is 0 Å². The number of benzene rings is 1. The Hall–Kier alpha value is -2.14. The zero-order chi connectivity index (χ0) is 14.8. The Bertz CT molecular complexity index is 670. The lowest BCUT2D eigenvalue weighted by Gasteiger charge is -2.33. The van der Waals surface area contributed by atoms with E-state index in [1.807, 2.05) is 24.3 Å². The van der Waals surface area contributed by atoms with Gasteiger partial charge in [-0.15, -0.1) is 0 Å². The number of rotatable bonds is 3. The van der Waals surface area contributed by atoms with Crippen LogP contribution in [-0.2, 0) is 11.3 Å². The number of hydrogen-bond donors (Lipinski definition) is 2. The summed E-state index contributed by atoms with van der Waals surface area (Å²) < 4.78 is 0. The molecule has 1 aliphatic heterocycles. The first kappa shape index (κ1) is 13.8. The van der Waals surface area contributed by atoms with E-state index in [4.69, 9.17) is 11.5 Å². The Labute approximate surface area is 123 Å². The van der Waals surface area contributed by atoms with Crippen molar-refractivity contribution in [2.24, 2.45) is 5.73 Å². The van der Waals surface area contributed by atoms with Crippen molar-refractivity contribution in [3.05, 3.63) is 35.9 Å². The summed E-state index contributed by atoms with van der Waals surface area (Å²) in [5, 5.41) is 1.06. The summed E-state index contributed by atoms with van der Waals surface area (Å²) in [6.07, 6.45) is 2.97. The molecule has 5 heteroatoms. The number of aromatic nitrogens is 1. The van der Waals surface area contributed by atoms with Crippen molar-refractivity contribution in [3.63, 3.8) is 0 Å². The Morgan fingerprint density at radius 3 is 2.95 bits per heavy atom. The van der Waals surface area contributed by atoms with Crippen molar-refractivity contribution in [2.75, 3.05) is 12.3 Å². The molecule has 1 aromatic carbocycles. The minimum absolute atomic E-state index is 0.190. The van der Waals surface area contributed by atoms with Crippen LogP contribution in [0.3, 0.4) is 0 Å². The maximum atomic E-state index is 11.6. The Balaban J connectivity index is 1.89. The van der Waals surface area contributed by atoms with Gasteiger partial charge in [-0.1, -0.05) is 24.6 Å². The predicted octanol–water partition coefficient (Wildman–Crippen LogP) is 1.66. The van der Waals surface area contributed by atoms with Crippen LogP contribution < -0.4 is 11.5 Å². The maximum absolute atomic E-state index is 11.6. The Kier molecular flexibility index (Phi) is 3.75. The summed E-state index contributed by atoms with van der Waals surface area (Å²) in [6, 6.07) is 9.77. The van der Waals surface area contributed by atoms with Crippen LogP contribution in [0.25, 0.3) is 10.9 Å². The molecule has 110 valence electrons. The number of likely N-dealkylation sites (tertiary alicyclic amines) is 1. The van der Waals surface area contributed by atoms with E-state index >= 15 is 0 Å². The number of para-hydroxylation sites is 1. The third kappa shape index (κ3) is 2.83.